The van der Waals surface area contributed by atoms with Gasteiger partial charge in [0, 0.05) is 24.1 Å². The second kappa shape index (κ2) is 4.62. The zero-order valence-corrected chi connectivity index (χ0v) is 9.84. The smallest absolute Gasteiger partial charge is 0.207 e. The molecule has 1 fully saturated rings. The number of nitrogens with zero attached hydrogens (tertiary/aromatic N) is 2. The van der Waals surface area contributed by atoms with Gasteiger partial charge in [0.15, 0.2) is 0 Å². The van der Waals surface area contributed by atoms with Crippen LogP contribution < -0.4 is 5.32 Å². The molecule has 1 aliphatic rings. The summed E-state index contributed by atoms with van der Waals surface area (Å²) in [6.07, 6.45) is 9.20. The van der Waals surface area contributed by atoms with Crippen LogP contribution in [0.25, 0.3) is 0 Å². The van der Waals surface area contributed by atoms with Gasteiger partial charge in [0.2, 0.25) is 5.95 Å². The van der Waals surface area contributed by atoms with Crippen LogP contribution in [0.4, 0.5) is 11.6 Å². The summed E-state index contributed by atoms with van der Waals surface area (Å²) in [7, 11) is 0. The number of anilines is 2. The predicted molar refractivity (Wildman–Crippen MR) is 69.5 cm³/mol. The van der Waals surface area contributed by atoms with Gasteiger partial charge in [-0.15, -0.1) is 0 Å². The van der Waals surface area contributed by atoms with Gasteiger partial charge in [-0.3, -0.25) is 0 Å². The second-order valence-electron chi connectivity index (χ2n) is 4.59. The summed E-state index contributed by atoms with van der Waals surface area (Å²) in [6, 6.07) is 10.8. The highest BCUT2D eigenvalue weighted by atomic mass is 15.2. The van der Waals surface area contributed by atoms with Gasteiger partial charge in [-0.25, -0.2) is 4.98 Å². The lowest BCUT2D eigenvalue weighted by molar-refractivity contribution is 0.525. The molecule has 0 spiro atoms. The monoisotopic (exact) mass is 227 g/mol. The first-order chi connectivity index (χ1) is 8.43. The zero-order valence-electron chi connectivity index (χ0n) is 9.84. The van der Waals surface area contributed by atoms with Crippen LogP contribution >= 0.6 is 0 Å². The first-order valence-electron chi connectivity index (χ1n) is 6.28. The van der Waals surface area contributed by atoms with Crippen molar-refractivity contribution in [1.29, 1.82) is 0 Å². The van der Waals surface area contributed by atoms with Crippen molar-refractivity contribution in [3.8, 4) is 0 Å². The van der Waals surface area contributed by atoms with E-state index in [4.69, 9.17) is 0 Å². The third-order valence-corrected chi connectivity index (χ3v) is 3.42. The molecule has 3 heteroatoms. The Balaban J connectivity index is 1.81. The van der Waals surface area contributed by atoms with E-state index in [1.54, 1.807) is 0 Å². The van der Waals surface area contributed by atoms with Crippen LogP contribution in [0.5, 0.6) is 0 Å². The number of rotatable bonds is 3. The molecule has 0 saturated heterocycles. The Bertz CT molecular complexity index is 469. The summed E-state index contributed by atoms with van der Waals surface area (Å²) >= 11 is 0. The van der Waals surface area contributed by atoms with Crippen molar-refractivity contribution in [1.82, 2.24) is 9.55 Å². The molecule has 1 aromatic heterocycles. The number of imidazole rings is 1. The van der Waals surface area contributed by atoms with E-state index in [9.17, 15) is 0 Å². The molecule has 1 aromatic carbocycles. The lowest BCUT2D eigenvalue weighted by atomic mass is 10.2. The average molecular weight is 227 g/mol. The van der Waals surface area contributed by atoms with Gasteiger partial charge in [-0.2, -0.15) is 0 Å². The molecule has 1 saturated carbocycles. The van der Waals surface area contributed by atoms with Gasteiger partial charge >= 0.3 is 0 Å². The normalized spacial score (nSPS) is 16.2. The molecular weight excluding hydrogens is 210 g/mol. The third-order valence-electron chi connectivity index (χ3n) is 3.42. The van der Waals surface area contributed by atoms with Crippen molar-refractivity contribution in [3.63, 3.8) is 0 Å². The molecule has 1 N–H and O–H groups in total. The van der Waals surface area contributed by atoms with Crippen LogP contribution in [0.15, 0.2) is 42.7 Å². The molecule has 0 aliphatic heterocycles. The van der Waals surface area contributed by atoms with E-state index in [2.05, 4.69) is 33.2 Å². The van der Waals surface area contributed by atoms with E-state index in [0.717, 1.165) is 11.6 Å². The Hall–Kier alpha value is -1.77. The van der Waals surface area contributed by atoms with Crippen molar-refractivity contribution < 1.29 is 0 Å². The molecule has 3 rings (SSSR count). The summed E-state index contributed by atoms with van der Waals surface area (Å²) < 4.78 is 2.28. The van der Waals surface area contributed by atoms with Crippen molar-refractivity contribution in [2.24, 2.45) is 0 Å². The van der Waals surface area contributed by atoms with Gasteiger partial charge in [0.05, 0.1) is 0 Å². The van der Waals surface area contributed by atoms with E-state index >= 15 is 0 Å². The Morgan fingerprint density at radius 1 is 1.12 bits per heavy atom. The third kappa shape index (κ3) is 2.18. The Kier molecular flexibility index (Phi) is 2.82. The van der Waals surface area contributed by atoms with Gasteiger partial charge in [0.25, 0.3) is 0 Å². The van der Waals surface area contributed by atoms with Gasteiger partial charge in [0.1, 0.15) is 0 Å². The summed E-state index contributed by atoms with van der Waals surface area (Å²) in [5.74, 6) is 0.961. The lowest BCUT2D eigenvalue weighted by Crippen LogP contribution is -2.07. The average Bonchev–Trinajstić information content (AvgIpc) is 3.00. The van der Waals surface area contributed by atoms with Crippen LogP contribution in [-0.4, -0.2) is 9.55 Å². The quantitative estimate of drug-likeness (QED) is 0.865. The summed E-state index contributed by atoms with van der Waals surface area (Å²) in [6.45, 7) is 0. The molecule has 1 heterocycles. The molecule has 0 unspecified atom stereocenters. The molecule has 17 heavy (non-hydrogen) atoms. The van der Waals surface area contributed by atoms with Gasteiger partial charge in [-0.05, 0) is 25.0 Å². The number of nitrogens with one attached hydrogen (secondary N) is 1. The van der Waals surface area contributed by atoms with E-state index in [-0.39, 0.29) is 0 Å². The minimum Gasteiger partial charge on any atom is -0.326 e. The lowest BCUT2D eigenvalue weighted by Gasteiger charge is -2.15. The molecule has 3 nitrogen and oxygen atoms in total. The van der Waals surface area contributed by atoms with E-state index in [0.29, 0.717) is 6.04 Å². The number of benzene rings is 1. The minimum absolute atomic E-state index is 0.628. The van der Waals surface area contributed by atoms with Crippen LogP contribution in [0.2, 0.25) is 0 Å². The molecule has 1 aliphatic carbocycles. The van der Waals surface area contributed by atoms with E-state index in [1.807, 2.05) is 24.4 Å². The van der Waals surface area contributed by atoms with Crippen LogP contribution in [0, 0.1) is 0 Å². The maximum atomic E-state index is 4.41. The largest absolute Gasteiger partial charge is 0.326 e. The van der Waals surface area contributed by atoms with E-state index < -0.39 is 0 Å². The van der Waals surface area contributed by atoms with Crippen molar-refractivity contribution >= 4 is 11.6 Å². The molecule has 88 valence electrons. The number of aromatic nitrogens is 2. The maximum Gasteiger partial charge on any atom is 0.207 e. The zero-order chi connectivity index (χ0) is 11.5. The number of hydrogen-bond acceptors (Lipinski definition) is 2. The highest BCUT2D eigenvalue weighted by Crippen LogP contribution is 2.32. The summed E-state index contributed by atoms with van der Waals surface area (Å²) in [5, 5.41) is 3.38. The number of hydrogen-bond donors (Lipinski definition) is 1. The summed E-state index contributed by atoms with van der Waals surface area (Å²) in [5.41, 5.74) is 1.10. The first-order valence-corrected chi connectivity index (χ1v) is 6.28. The van der Waals surface area contributed by atoms with Crippen LogP contribution in [0.1, 0.15) is 31.7 Å². The highest BCUT2D eigenvalue weighted by molar-refractivity contribution is 5.53. The van der Waals surface area contributed by atoms with Crippen LogP contribution in [-0.2, 0) is 0 Å². The fourth-order valence-corrected chi connectivity index (χ4v) is 2.54. The summed E-state index contributed by atoms with van der Waals surface area (Å²) in [4.78, 5) is 4.41. The predicted octanol–water partition coefficient (Wildman–Crippen LogP) is 3.74. The van der Waals surface area contributed by atoms with Crippen molar-refractivity contribution in [2.45, 2.75) is 31.7 Å². The van der Waals surface area contributed by atoms with Gasteiger partial charge in [-0.1, -0.05) is 31.0 Å². The highest BCUT2D eigenvalue weighted by Gasteiger charge is 2.18. The van der Waals surface area contributed by atoms with Crippen molar-refractivity contribution in [2.75, 3.05) is 5.32 Å². The fourth-order valence-electron chi connectivity index (χ4n) is 2.54. The van der Waals surface area contributed by atoms with Crippen LogP contribution in [0.3, 0.4) is 0 Å². The maximum absolute atomic E-state index is 4.41. The molecular formula is C14H17N3. The first kappa shape index (κ1) is 10.4. The molecule has 0 bridgehead atoms. The Morgan fingerprint density at radius 3 is 2.65 bits per heavy atom. The van der Waals surface area contributed by atoms with Gasteiger partial charge < -0.3 is 9.88 Å². The van der Waals surface area contributed by atoms with Crippen molar-refractivity contribution in [3.05, 3.63) is 42.7 Å². The number of para-hydroxylation sites is 1. The molecule has 0 amide bonds. The SMILES string of the molecule is c1ccc(Nc2nccn2C2CCCC2)cc1. The Morgan fingerprint density at radius 2 is 1.88 bits per heavy atom. The fraction of sp³-hybridized carbons (Fsp3) is 0.357. The second-order valence-corrected chi connectivity index (χ2v) is 4.59. The molecule has 0 atom stereocenters. The minimum atomic E-state index is 0.628. The molecule has 2 aromatic rings. The van der Waals surface area contributed by atoms with E-state index in [1.165, 1.54) is 25.7 Å². The standard InChI is InChI=1S/C14H17N3/c1-2-6-12(7-3-1)16-14-15-10-11-17(14)13-8-4-5-9-13/h1-3,6-7,10-11,13H,4-5,8-9H2,(H,15,16). The Labute approximate surface area is 101 Å². The topological polar surface area (TPSA) is 29.9 Å². The molecule has 0 radical (unpaired) electrons.